The molecule has 0 atom stereocenters. The van der Waals surface area contributed by atoms with E-state index in [0.717, 1.165) is 23.1 Å². The van der Waals surface area contributed by atoms with Gasteiger partial charge in [0.05, 0.1) is 16.7 Å². The number of aryl methyl sites for hydroxylation is 6. The lowest BCUT2D eigenvalue weighted by Gasteiger charge is -2.35. The molecular weight excluding hydrogens is 839 g/mol. The minimum atomic E-state index is -2.78. The first-order chi connectivity index (χ1) is 33.2. The molecule has 4 heteroatoms. The van der Waals surface area contributed by atoms with Crippen molar-refractivity contribution >= 4 is 45.4 Å². The summed E-state index contributed by atoms with van der Waals surface area (Å²) in [7, 11) is -2.78. The van der Waals surface area contributed by atoms with Crippen molar-refractivity contribution < 1.29 is 0 Å². The SMILES string of the molecule is Cc1cc(C)c(-n2ccnc2-c2cccc(-c3c(C)cc([Si](Cc4ccc(C)cc4-c4ccc(-n5c6ccccc6c6ccccc65)cc4)(c4ccccc4)c4ccccc4)cc3C)c2)c(C)c1. The standard InChI is InChI=1S/C64H55N3Si/c1-43-28-29-52(59(38-43)49-30-32-53(33-31-49)67-60-26-15-13-24-57(60)58-25-14-16-27-61(58)67)42-68(54-20-9-7-10-21-54,55-22-11-8-12-23-55)56-39-45(3)62(46(4)40-56)50-18-17-19-51(41-50)64-65-34-35-66(64)63-47(5)36-44(2)37-48(63)6/h7-41H,42H2,1-6H3. The number of para-hydroxylation sites is 2. The third-order valence-electron chi connectivity index (χ3n) is 14.2. The van der Waals surface area contributed by atoms with Crippen LogP contribution in [-0.4, -0.2) is 22.2 Å². The molecule has 0 N–H and O–H groups in total. The molecule has 0 aliphatic carbocycles. The average Bonchev–Trinajstić information content (AvgIpc) is 3.97. The van der Waals surface area contributed by atoms with Gasteiger partial charge < -0.3 is 4.57 Å². The first-order valence-corrected chi connectivity index (χ1v) is 26.0. The van der Waals surface area contributed by atoms with Crippen LogP contribution in [0.4, 0.5) is 0 Å². The summed E-state index contributed by atoms with van der Waals surface area (Å²) < 4.78 is 4.66. The smallest absolute Gasteiger partial charge is 0.152 e. The van der Waals surface area contributed by atoms with Gasteiger partial charge in [0.15, 0.2) is 8.07 Å². The van der Waals surface area contributed by atoms with Crippen molar-refractivity contribution in [2.45, 2.75) is 47.6 Å². The van der Waals surface area contributed by atoms with Gasteiger partial charge in [0.25, 0.3) is 0 Å². The highest BCUT2D eigenvalue weighted by molar-refractivity contribution is 7.11. The maximum Gasteiger partial charge on any atom is 0.152 e. The molecule has 11 rings (SSSR count). The van der Waals surface area contributed by atoms with Gasteiger partial charge in [-0.25, -0.2) is 4.98 Å². The van der Waals surface area contributed by atoms with Crippen LogP contribution in [0.5, 0.6) is 0 Å². The van der Waals surface area contributed by atoms with Crippen LogP contribution in [0.2, 0.25) is 0 Å². The van der Waals surface area contributed by atoms with Crippen molar-refractivity contribution in [3.05, 3.63) is 252 Å². The van der Waals surface area contributed by atoms with Crippen molar-refractivity contribution in [1.29, 1.82) is 0 Å². The van der Waals surface area contributed by atoms with Crippen LogP contribution in [-0.2, 0) is 6.04 Å². The largest absolute Gasteiger partial charge is 0.309 e. The first-order valence-electron chi connectivity index (χ1n) is 23.8. The van der Waals surface area contributed by atoms with Crippen LogP contribution in [0.15, 0.2) is 213 Å². The zero-order chi connectivity index (χ0) is 46.5. The van der Waals surface area contributed by atoms with E-state index >= 15 is 0 Å². The molecule has 0 bridgehead atoms. The number of aromatic nitrogens is 3. The van der Waals surface area contributed by atoms with Crippen molar-refractivity contribution in [2.24, 2.45) is 0 Å². The van der Waals surface area contributed by atoms with Crippen molar-refractivity contribution in [3.8, 4) is 45.0 Å². The number of hydrogen-bond donors (Lipinski definition) is 0. The van der Waals surface area contributed by atoms with Crippen LogP contribution in [0.1, 0.15) is 38.9 Å². The number of nitrogens with zero attached hydrogens (tertiary/aromatic N) is 3. The Hall–Kier alpha value is -7.79. The molecule has 2 heterocycles. The molecule has 0 fully saturated rings. The normalized spacial score (nSPS) is 11.7. The molecule has 0 spiro atoms. The second-order valence-corrected chi connectivity index (χ2v) is 22.7. The number of rotatable bonds is 10. The van der Waals surface area contributed by atoms with Gasteiger partial charge in [-0.15, -0.1) is 0 Å². The quantitative estimate of drug-likeness (QED) is 0.0991. The van der Waals surface area contributed by atoms with Gasteiger partial charge in [0.2, 0.25) is 0 Å². The van der Waals surface area contributed by atoms with E-state index in [0.29, 0.717) is 0 Å². The predicted molar refractivity (Wildman–Crippen MR) is 290 cm³/mol. The van der Waals surface area contributed by atoms with Crippen molar-refractivity contribution in [2.75, 3.05) is 0 Å². The summed E-state index contributed by atoms with van der Waals surface area (Å²) in [6.07, 6.45) is 4.02. The van der Waals surface area contributed by atoms with E-state index in [1.165, 1.54) is 104 Å². The van der Waals surface area contributed by atoms with Crippen LogP contribution < -0.4 is 15.6 Å². The third kappa shape index (κ3) is 7.42. The van der Waals surface area contributed by atoms with Gasteiger partial charge >= 0.3 is 0 Å². The molecule has 11 aromatic rings. The Morgan fingerprint density at radius 3 is 1.63 bits per heavy atom. The molecule has 0 saturated heterocycles. The summed E-state index contributed by atoms with van der Waals surface area (Å²) in [6, 6.07) is 76.1. The van der Waals surface area contributed by atoms with E-state index in [1.807, 2.05) is 6.20 Å². The Balaban J connectivity index is 1.03. The Labute approximate surface area is 401 Å². The molecule has 330 valence electrons. The summed E-state index contributed by atoms with van der Waals surface area (Å²) in [4.78, 5) is 4.94. The van der Waals surface area contributed by atoms with Gasteiger partial charge in [-0.05, 0) is 144 Å². The lowest BCUT2D eigenvalue weighted by atomic mass is 9.94. The van der Waals surface area contributed by atoms with Crippen molar-refractivity contribution in [3.63, 3.8) is 0 Å². The van der Waals surface area contributed by atoms with E-state index in [2.05, 4.69) is 257 Å². The molecule has 0 amide bonds. The predicted octanol–water partition coefficient (Wildman–Crippen LogP) is 14.1. The molecule has 2 aromatic heterocycles. The molecule has 0 aliphatic heterocycles. The molecule has 0 radical (unpaired) electrons. The Kier molecular flexibility index (Phi) is 11.0. The van der Waals surface area contributed by atoms with Gasteiger partial charge in [-0.3, -0.25) is 4.57 Å². The fourth-order valence-electron chi connectivity index (χ4n) is 11.4. The average molecular weight is 894 g/mol. The number of fused-ring (bicyclic) bond motifs is 3. The summed E-state index contributed by atoms with van der Waals surface area (Å²) >= 11 is 0. The van der Waals surface area contributed by atoms with Crippen LogP contribution in [0.25, 0.3) is 66.8 Å². The second-order valence-electron chi connectivity index (χ2n) is 18.8. The minimum absolute atomic E-state index is 0.902. The lowest BCUT2D eigenvalue weighted by molar-refractivity contribution is 1.03. The van der Waals surface area contributed by atoms with Crippen LogP contribution >= 0.6 is 0 Å². The zero-order valence-corrected chi connectivity index (χ0v) is 40.8. The maximum atomic E-state index is 4.94. The topological polar surface area (TPSA) is 22.8 Å². The van der Waals surface area contributed by atoms with Crippen LogP contribution in [0, 0.1) is 41.5 Å². The summed E-state index contributed by atoms with van der Waals surface area (Å²) in [5, 5.41) is 6.77. The molecule has 3 nitrogen and oxygen atoms in total. The molecule has 9 aromatic carbocycles. The van der Waals surface area contributed by atoms with E-state index < -0.39 is 8.07 Å². The molecule has 68 heavy (non-hydrogen) atoms. The summed E-state index contributed by atoms with van der Waals surface area (Å²) in [5.41, 5.74) is 19.8. The van der Waals surface area contributed by atoms with Crippen LogP contribution in [0.3, 0.4) is 0 Å². The Bertz CT molecular complexity index is 3510. The van der Waals surface area contributed by atoms with Gasteiger partial charge in [-0.2, -0.15) is 0 Å². The highest BCUT2D eigenvalue weighted by Gasteiger charge is 2.40. The summed E-state index contributed by atoms with van der Waals surface area (Å²) in [5.74, 6) is 0.948. The Morgan fingerprint density at radius 2 is 1.01 bits per heavy atom. The van der Waals surface area contributed by atoms with E-state index in [4.69, 9.17) is 4.98 Å². The maximum absolute atomic E-state index is 4.94. The molecular formula is C64H55N3Si. The zero-order valence-electron chi connectivity index (χ0n) is 39.8. The lowest BCUT2D eigenvalue weighted by Crippen LogP contribution is -2.69. The highest BCUT2D eigenvalue weighted by atomic mass is 28.3. The number of imidazole rings is 1. The van der Waals surface area contributed by atoms with E-state index in [1.54, 1.807) is 0 Å². The van der Waals surface area contributed by atoms with Gasteiger partial charge in [0, 0.05) is 34.4 Å². The minimum Gasteiger partial charge on any atom is -0.309 e. The monoisotopic (exact) mass is 893 g/mol. The first kappa shape index (κ1) is 42.8. The highest BCUT2D eigenvalue weighted by Crippen LogP contribution is 2.36. The van der Waals surface area contributed by atoms with Gasteiger partial charge in [-0.1, -0.05) is 181 Å². The fraction of sp³-hybridized carbons (Fsp3) is 0.109. The molecule has 0 aliphatic rings. The van der Waals surface area contributed by atoms with E-state index in [9.17, 15) is 0 Å². The summed E-state index contributed by atoms with van der Waals surface area (Å²) in [6.45, 7) is 13.4. The van der Waals surface area contributed by atoms with Gasteiger partial charge in [0.1, 0.15) is 5.82 Å². The fourth-order valence-corrected chi connectivity index (χ4v) is 16.3. The molecule has 0 unspecified atom stereocenters. The van der Waals surface area contributed by atoms with Crippen molar-refractivity contribution in [1.82, 2.24) is 14.1 Å². The second kappa shape index (κ2) is 17.5. The molecule has 0 saturated carbocycles. The van der Waals surface area contributed by atoms with E-state index in [-0.39, 0.29) is 0 Å². The number of benzene rings is 9. The Morgan fingerprint density at radius 1 is 0.441 bits per heavy atom. The third-order valence-corrected chi connectivity index (χ3v) is 19.0. The number of hydrogen-bond acceptors (Lipinski definition) is 1.